The monoisotopic (exact) mass is 177 g/mol. The average molecular weight is 177 g/mol. The first kappa shape index (κ1) is 8.04. The minimum atomic E-state index is 0.0602. The Morgan fingerprint density at radius 1 is 1.62 bits per heavy atom. The van der Waals surface area contributed by atoms with Crippen LogP contribution in [0.1, 0.15) is 23.0 Å². The van der Waals surface area contributed by atoms with Crippen LogP contribution in [0.15, 0.2) is 12.1 Å². The van der Waals surface area contributed by atoms with Crippen LogP contribution >= 0.6 is 0 Å². The molecular formula is C9H11N3O. The Labute approximate surface area is 76.4 Å². The van der Waals surface area contributed by atoms with Crippen LogP contribution in [0.5, 0.6) is 0 Å². The van der Waals surface area contributed by atoms with Gasteiger partial charge in [-0.1, -0.05) is 0 Å². The first-order valence-electron chi connectivity index (χ1n) is 4.27. The second-order valence-electron chi connectivity index (χ2n) is 3.05. The molecule has 2 rings (SSSR count). The Morgan fingerprint density at radius 3 is 3.08 bits per heavy atom. The quantitative estimate of drug-likeness (QED) is 0.684. The van der Waals surface area contributed by atoms with Crippen molar-refractivity contribution >= 4 is 11.7 Å². The second-order valence-corrected chi connectivity index (χ2v) is 3.05. The van der Waals surface area contributed by atoms with E-state index in [0.717, 1.165) is 12.2 Å². The predicted molar refractivity (Wildman–Crippen MR) is 49.1 cm³/mol. The number of carbonyl (C=O) groups is 1. The van der Waals surface area contributed by atoms with Crippen LogP contribution in [0.4, 0.5) is 5.82 Å². The number of rotatable bonds is 1. The molecule has 1 amide bonds. The molecule has 0 spiro atoms. The molecule has 4 nitrogen and oxygen atoms in total. The van der Waals surface area contributed by atoms with Crippen molar-refractivity contribution < 1.29 is 4.79 Å². The van der Waals surface area contributed by atoms with Gasteiger partial charge < -0.3 is 10.6 Å². The lowest BCUT2D eigenvalue weighted by Crippen LogP contribution is -2.22. The molecule has 2 heterocycles. The number of fused-ring (bicyclic) bond motifs is 1. The van der Waals surface area contributed by atoms with E-state index in [-0.39, 0.29) is 5.91 Å². The molecule has 0 saturated carbocycles. The maximum atomic E-state index is 11.6. The average Bonchev–Trinajstić information content (AvgIpc) is 2.42. The fourth-order valence-corrected chi connectivity index (χ4v) is 1.51. The lowest BCUT2D eigenvalue weighted by atomic mass is 10.2. The summed E-state index contributed by atoms with van der Waals surface area (Å²) in [6, 6.07) is 3.41. The maximum Gasteiger partial charge on any atom is 0.256 e. The summed E-state index contributed by atoms with van der Waals surface area (Å²) >= 11 is 0. The molecule has 0 fully saturated rings. The van der Waals surface area contributed by atoms with E-state index in [4.69, 9.17) is 5.73 Å². The van der Waals surface area contributed by atoms with E-state index in [1.54, 1.807) is 17.0 Å². The zero-order chi connectivity index (χ0) is 9.42. The van der Waals surface area contributed by atoms with Gasteiger partial charge in [-0.3, -0.25) is 4.79 Å². The van der Waals surface area contributed by atoms with Gasteiger partial charge in [0.2, 0.25) is 0 Å². The number of nitrogen functional groups attached to an aromatic ring is 1. The van der Waals surface area contributed by atoms with Crippen LogP contribution in [0.3, 0.4) is 0 Å². The molecule has 13 heavy (non-hydrogen) atoms. The van der Waals surface area contributed by atoms with Gasteiger partial charge >= 0.3 is 0 Å². The lowest BCUT2D eigenvalue weighted by molar-refractivity contribution is 0.0787. The fourth-order valence-electron chi connectivity index (χ4n) is 1.51. The first-order valence-corrected chi connectivity index (χ1v) is 4.27. The number of nitrogens with two attached hydrogens (primary N) is 1. The summed E-state index contributed by atoms with van der Waals surface area (Å²) < 4.78 is 0. The summed E-state index contributed by atoms with van der Waals surface area (Å²) in [6.07, 6.45) is 0. The van der Waals surface area contributed by atoms with Gasteiger partial charge in [-0.15, -0.1) is 0 Å². The molecule has 68 valence electrons. The van der Waals surface area contributed by atoms with Crippen molar-refractivity contribution in [2.24, 2.45) is 0 Å². The van der Waals surface area contributed by atoms with Crippen molar-refractivity contribution in [1.82, 2.24) is 9.88 Å². The van der Waals surface area contributed by atoms with Gasteiger partial charge in [0.25, 0.3) is 5.91 Å². The minimum Gasteiger partial charge on any atom is -0.384 e. The Kier molecular flexibility index (Phi) is 1.69. The molecule has 1 aliphatic heterocycles. The molecule has 0 bridgehead atoms. The molecule has 2 N–H and O–H groups in total. The standard InChI is InChI=1S/C9H11N3O/c1-2-12-5-7-6(9(12)13)3-4-8(10)11-7/h3-4H,2,5H2,1H3,(H2,10,11). The number of carbonyl (C=O) groups excluding carboxylic acids is 1. The molecule has 0 aliphatic carbocycles. The summed E-state index contributed by atoms with van der Waals surface area (Å²) in [5.41, 5.74) is 7.01. The van der Waals surface area contributed by atoms with Crippen LogP contribution in [0.25, 0.3) is 0 Å². The molecule has 0 atom stereocenters. The molecule has 0 unspecified atom stereocenters. The fraction of sp³-hybridized carbons (Fsp3) is 0.333. The normalized spacial score (nSPS) is 14.8. The number of anilines is 1. The number of pyridine rings is 1. The highest BCUT2D eigenvalue weighted by Crippen LogP contribution is 2.21. The lowest BCUT2D eigenvalue weighted by Gasteiger charge is -2.10. The van der Waals surface area contributed by atoms with Crippen molar-refractivity contribution in [3.63, 3.8) is 0 Å². The molecule has 1 aliphatic rings. The van der Waals surface area contributed by atoms with Crippen LogP contribution in [0, 0.1) is 0 Å². The van der Waals surface area contributed by atoms with E-state index < -0.39 is 0 Å². The third-order valence-electron chi connectivity index (χ3n) is 2.24. The van der Waals surface area contributed by atoms with Gasteiger partial charge in [0.15, 0.2) is 0 Å². The minimum absolute atomic E-state index is 0.0602. The number of hydrogen-bond acceptors (Lipinski definition) is 3. The van der Waals surface area contributed by atoms with E-state index in [1.165, 1.54) is 0 Å². The smallest absolute Gasteiger partial charge is 0.256 e. The molecule has 0 saturated heterocycles. The zero-order valence-electron chi connectivity index (χ0n) is 7.45. The van der Waals surface area contributed by atoms with E-state index in [0.29, 0.717) is 17.9 Å². The summed E-state index contributed by atoms with van der Waals surface area (Å²) in [5.74, 6) is 0.537. The molecule has 4 heteroatoms. The summed E-state index contributed by atoms with van der Waals surface area (Å²) in [7, 11) is 0. The topological polar surface area (TPSA) is 59.2 Å². The second kappa shape index (κ2) is 2.73. The molecule has 0 radical (unpaired) electrons. The highest BCUT2D eigenvalue weighted by Gasteiger charge is 2.26. The zero-order valence-corrected chi connectivity index (χ0v) is 7.45. The first-order chi connectivity index (χ1) is 6.22. The Hall–Kier alpha value is -1.58. The Morgan fingerprint density at radius 2 is 2.38 bits per heavy atom. The van der Waals surface area contributed by atoms with Crippen molar-refractivity contribution in [3.05, 3.63) is 23.4 Å². The van der Waals surface area contributed by atoms with Crippen molar-refractivity contribution in [2.75, 3.05) is 12.3 Å². The largest absolute Gasteiger partial charge is 0.384 e. The van der Waals surface area contributed by atoms with E-state index in [9.17, 15) is 4.79 Å². The van der Waals surface area contributed by atoms with Crippen LogP contribution in [0.2, 0.25) is 0 Å². The van der Waals surface area contributed by atoms with Gasteiger partial charge in [-0.05, 0) is 19.1 Å². The van der Waals surface area contributed by atoms with E-state index in [1.807, 2.05) is 6.92 Å². The molecule has 1 aromatic heterocycles. The van der Waals surface area contributed by atoms with Crippen molar-refractivity contribution in [2.45, 2.75) is 13.5 Å². The summed E-state index contributed by atoms with van der Waals surface area (Å²) in [6.45, 7) is 3.26. The van der Waals surface area contributed by atoms with Crippen molar-refractivity contribution in [3.8, 4) is 0 Å². The van der Waals surface area contributed by atoms with Gasteiger partial charge in [0, 0.05) is 6.54 Å². The highest BCUT2D eigenvalue weighted by molar-refractivity contribution is 5.97. The third-order valence-corrected chi connectivity index (χ3v) is 2.24. The van der Waals surface area contributed by atoms with Crippen LogP contribution in [-0.4, -0.2) is 22.3 Å². The third kappa shape index (κ3) is 1.14. The number of nitrogens with zero attached hydrogens (tertiary/aromatic N) is 2. The molecule has 1 aromatic rings. The summed E-state index contributed by atoms with van der Waals surface area (Å²) in [5, 5.41) is 0. The maximum absolute atomic E-state index is 11.6. The highest BCUT2D eigenvalue weighted by atomic mass is 16.2. The van der Waals surface area contributed by atoms with Gasteiger partial charge in [-0.2, -0.15) is 0 Å². The van der Waals surface area contributed by atoms with E-state index in [2.05, 4.69) is 4.98 Å². The van der Waals surface area contributed by atoms with Crippen molar-refractivity contribution in [1.29, 1.82) is 0 Å². The number of hydrogen-bond donors (Lipinski definition) is 1. The molecular weight excluding hydrogens is 166 g/mol. The number of amides is 1. The SMILES string of the molecule is CCN1Cc2nc(N)ccc2C1=O. The van der Waals surface area contributed by atoms with Crippen LogP contribution < -0.4 is 5.73 Å². The van der Waals surface area contributed by atoms with Gasteiger partial charge in [-0.25, -0.2) is 4.98 Å². The predicted octanol–water partition coefficient (Wildman–Crippen LogP) is 0.640. The Bertz CT molecular complexity index is 362. The van der Waals surface area contributed by atoms with Crippen LogP contribution in [-0.2, 0) is 6.54 Å². The molecule has 0 aromatic carbocycles. The van der Waals surface area contributed by atoms with Gasteiger partial charge in [0.05, 0.1) is 17.8 Å². The van der Waals surface area contributed by atoms with E-state index >= 15 is 0 Å². The Balaban J connectivity index is 2.44. The summed E-state index contributed by atoms with van der Waals surface area (Å²) in [4.78, 5) is 17.4. The van der Waals surface area contributed by atoms with Gasteiger partial charge in [0.1, 0.15) is 5.82 Å². The number of aromatic nitrogens is 1.